The van der Waals surface area contributed by atoms with Gasteiger partial charge in [-0.15, -0.1) is 11.8 Å². The molecule has 0 aromatic heterocycles. The highest BCUT2D eigenvalue weighted by atomic mass is 32.2. The third-order valence-electron chi connectivity index (χ3n) is 5.00. The third kappa shape index (κ3) is 7.71. The van der Waals surface area contributed by atoms with E-state index in [4.69, 9.17) is 4.74 Å². The van der Waals surface area contributed by atoms with Gasteiger partial charge in [0, 0.05) is 16.3 Å². The first-order chi connectivity index (χ1) is 17.4. The van der Waals surface area contributed by atoms with Gasteiger partial charge in [-0.2, -0.15) is 0 Å². The monoisotopic (exact) mass is 506 g/mol. The fourth-order valence-electron chi connectivity index (χ4n) is 3.16. The van der Waals surface area contributed by atoms with Crippen molar-refractivity contribution >= 4 is 46.9 Å². The fraction of sp³-hybridized carbons (Fsp3) is 0.185. The number of rotatable bonds is 11. The molecule has 0 saturated heterocycles. The highest BCUT2D eigenvalue weighted by Crippen LogP contribution is 2.23. The summed E-state index contributed by atoms with van der Waals surface area (Å²) in [5.74, 6) is -2.22. The van der Waals surface area contributed by atoms with Crippen LogP contribution < -0.4 is 10.6 Å². The maximum absolute atomic E-state index is 12.6. The largest absolute Gasteiger partial charge is 0.478 e. The molecule has 0 aliphatic carbocycles. The van der Waals surface area contributed by atoms with E-state index < -0.39 is 17.8 Å². The van der Waals surface area contributed by atoms with Gasteiger partial charge in [0.15, 0.2) is 0 Å². The second-order valence-corrected chi connectivity index (χ2v) is 8.79. The Morgan fingerprint density at radius 3 is 2.28 bits per heavy atom. The van der Waals surface area contributed by atoms with E-state index in [1.165, 1.54) is 23.9 Å². The average molecular weight is 507 g/mol. The van der Waals surface area contributed by atoms with Gasteiger partial charge in [-0.1, -0.05) is 31.5 Å². The number of carboxylic acids is 1. The molecular formula is C27H26N2O6S. The van der Waals surface area contributed by atoms with Gasteiger partial charge < -0.3 is 20.5 Å². The van der Waals surface area contributed by atoms with E-state index in [9.17, 15) is 24.3 Å². The molecule has 3 aromatic rings. The summed E-state index contributed by atoms with van der Waals surface area (Å²) >= 11 is 1.28. The Hall–Kier alpha value is -4.11. The first kappa shape index (κ1) is 26.5. The van der Waals surface area contributed by atoms with Crippen molar-refractivity contribution < 1.29 is 29.0 Å². The van der Waals surface area contributed by atoms with Crippen molar-refractivity contribution in [3.63, 3.8) is 0 Å². The predicted octanol–water partition coefficient (Wildman–Crippen LogP) is 5.32. The number of carbonyl (C=O) groups excluding carboxylic acids is 3. The number of carbonyl (C=O) groups is 4. The number of esters is 1. The summed E-state index contributed by atoms with van der Waals surface area (Å²) in [5, 5.41) is 14.8. The Morgan fingerprint density at radius 2 is 1.58 bits per heavy atom. The Kier molecular flexibility index (Phi) is 9.64. The molecule has 3 aromatic carbocycles. The van der Waals surface area contributed by atoms with Crippen molar-refractivity contribution in [2.24, 2.45) is 0 Å². The maximum atomic E-state index is 12.6. The van der Waals surface area contributed by atoms with Gasteiger partial charge in [0.1, 0.15) is 0 Å². The number of hydrogen-bond acceptors (Lipinski definition) is 6. The van der Waals surface area contributed by atoms with Crippen molar-refractivity contribution in [1.29, 1.82) is 0 Å². The second-order valence-electron chi connectivity index (χ2n) is 7.74. The molecule has 0 unspecified atom stereocenters. The van der Waals surface area contributed by atoms with Gasteiger partial charge in [0.05, 0.1) is 29.1 Å². The zero-order valence-corrected chi connectivity index (χ0v) is 20.5. The van der Waals surface area contributed by atoms with Crippen LogP contribution >= 0.6 is 11.8 Å². The Labute approximate surface area is 213 Å². The summed E-state index contributed by atoms with van der Waals surface area (Å²) in [6.45, 7) is 2.40. The van der Waals surface area contributed by atoms with Crippen molar-refractivity contribution in [1.82, 2.24) is 0 Å². The second kappa shape index (κ2) is 13.1. The minimum Gasteiger partial charge on any atom is -0.478 e. The van der Waals surface area contributed by atoms with E-state index in [-0.39, 0.29) is 22.8 Å². The van der Waals surface area contributed by atoms with Crippen LogP contribution in [0.3, 0.4) is 0 Å². The van der Waals surface area contributed by atoms with Crippen molar-refractivity contribution in [3.8, 4) is 0 Å². The topological polar surface area (TPSA) is 122 Å². The van der Waals surface area contributed by atoms with Crippen LogP contribution in [0, 0.1) is 0 Å². The van der Waals surface area contributed by atoms with E-state index in [1.54, 1.807) is 60.7 Å². The standard InChI is InChI=1S/C27H26N2O6S/c1-2-3-15-35-27(34)18-11-13-19(14-12-18)28-24(30)17-36-21-8-6-7-20(16-21)29-25(31)22-9-4-5-10-23(22)26(32)33/h4-14,16H,2-3,15,17H2,1H3,(H,28,30)(H,29,31)(H,32,33). The predicted molar refractivity (Wildman–Crippen MR) is 139 cm³/mol. The molecule has 36 heavy (non-hydrogen) atoms. The third-order valence-corrected chi connectivity index (χ3v) is 5.99. The molecule has 0 radical (unpaired) electrons. The SMILES string of the molecule is CCCCOC(=O)c1ccc(NC(=O)CSc2cccc(NC(=O)c3ccccc3C(=O)O)c2)cc1. The normalized spacial score (nSPS) is 10.4. The molecule has 9 heteroatoms. The molecule has 3 N–H and O–H groups in total. The van der Waals surface area contributed by atoms with E-state index in [0.29, 0.717) is 23.5 Å². The van der Waals surface area contributed by atoms with Gasteiger partial charge in [-0.25, -0.2) is 9.59 Å². The van der Waals surface area contributed by atoms with Gasteiger partial charge in [-0.3, -0.25) is 9.59 Å². The summed E-state index contributed by atoms with van der Waals surface area (Å²) in [6.07, 6.45) is 1.75. The van der Waals surface area contributed by atoms with E-state index in [2.05, 4.69) is 10.6 Å². The minimum atomic E-state index is -1.18. The van der Waals surface area contributed by atoms with Gasteiger partial charge >= 0.3 is 11.9 Å². The molecule has 0 atom stereocenters. The van der Waals surface area contributed by atoms with E-state index >= 15 is 0 Å². The number of thioether (sulfide) groups is 1. The van der Waals surface area contributed by atoms with Gasteiger partial charge in [-0.05, 0) is 61.0 Å². The van der Waals surface area contributed by atoms with Crippen LogP contribution in [0.5, 0.6) is 0 Å². The van der Waals surface area contributed by atoms with Gasteiger partial charge in [0.25, 0.3) is 5.91 Å². The lowest BCUT2D eigenvalue weighted by Crippen LogP contribution is -2.16. The van der Waals surface area contributed by atoms with Crippen LogP contribution in [0.2, 0.25) is 0 Å². The average Bonchev–Trinajstić information content (AvgIpc) is 2.88. The molecule has 8 nitrogen and oxygen atoms in total. The quantitative estimate of drug-likeness (QED) is 0.183. The van der Waals surface area contributed by atoms with E-state index in [1.807, 2.05) is 6.92 Å². The smallest absolute Gasteiger partial charge is 0.338 e. The van der Waals surface area contributed by atoms with Gasteiger partial charge in [0.2, 0.25) is 5.91 Å². The molecular weight excluding hydrogens is 480 g/mol. The first-order valence-corrected chi connectivity index (χ1v) is 12.3. The Balaban J connectivity index is 1.53. The summed E-state index contributed by atoms with van der Waals surface area (Å²) < 4.78 is 5.17. The number of nitrogens with one attached hydrogen (secondary N) is 2. The van der Waals surface area contributed by atoms with E-state index in [0.717, 1.165) is 17.7 Å². The molecule has 0 fully saturated rings. The summed E-state index contributed by atoms with van der Waals surface area (Å²) in [7, 11) is 0. The molecule has 0 spiro atoms. The Morgan fingerprint density at radius 1 is 0.861 bits per heavy atom. The van der Waals surface area contributed by atoms with Crippen LogP contribution in [0.4, 0.5) is 11.4 Å². The van der Waals surface area contributed by atoms with Crippen molar-refractivity contribution in [2.45, 2.75) is 24.7 Å². The molecule has 0 aliphatic heterocycles. The van der Waals surface area contributed by atoms with Crippen molar-refractivity contribution in [2.75, 3.05) is 23.0 Å². The highest BCUT2D eigenvalue weighted by molar-refractivity contribution is 8.00. The number of aromatic carboxylic acids is 1. The molecule has 0 aliphatic rings. The maximum Gasteiger partial charge on any atom is 0.338 e. The zero-order chi connectivity index (χ0) is 25.9. The van der Waals surface area contributed by atoms with Crippen LogP contribution in [-0.4, -0.2) is 41.2 Å². The lowest BCUT2D eigenvalue weighted by atomic mass is 10.1. The summed E-state index contributed by atoms with van der Waals surface area (Å²) in [5.41, 5.74) is 1.43. The number of carboxylic acid groups (broad SMARTS) is 1. The molecule has 0 heterocycles. The summed E-state index contributed by atoms with van der Waals surface area (Å²) in [6, 6.07) is 19.4. The van der Waals surface area contributed by atoms with Crippen LogP contribution in [-0.2, 0) is 9.53 Å². The highest BCUT2D eigenvalue weighted by Gasteiger charge is 2.16. The van der Waals surface area contributed by atoms with Crippen LogP contribution in [0.25, 0.3) is 0 Å². The molecule has 0 bridgehead atoms. The fourth-order valence-corrected chi connectivity index (χ4v) is 3.91. The lowest BCUT2D eigenvalue weighted by molar-refractivity contribution is -0.113. The first-order valence-electron chi connectivity index (χ1n) is 11.3. The number of amides is 2. The molecule has 2 amide bonds. The number of benzene rings is 3. The number of hydrogen-bond donors (Lipinski definition) is 3. The minimum absolute atomic E-state index is 0.0580. The summed E-state index contributed by atoms with van der Waals surface area (Å²) in [4.78, 5) is 49.0. The number of anilines is 2. The number of unbranched alkanes of at least 4 members (excludes halogenated alkanes) is 1. The molecule has 3 rings (SSSR count). The van der Waals surface area contributed by atoms with Crippen LogP contribution in [0.1, 0.15) is 50.8 Å². The molecule has 0 saturated carbocycles. The van der Waals surface area contributed by atoms with Crippen molar-refractivity contribution in [3.05, 3.63) is 89.5 Å². The number of ether oxygens (including phenoxy) is 1. The van der Waals surface area contributed by atoms with Crippen LogP contribution in [0.15, 0.2) is 77.7 Å². The molecule has 186 valence electrons. The Bertz CT molecular complexity index is 1240. The lowest BCUT2D eigenvalue weighted by Gasteiger charge is -2.10. The zero-order valence-electron chi connectivity index (χ0n) is 19.7.